The highest BCUT2D eigenvalue weighted by Crippen LogP contribution is 2.35. The maximum absolute atomic E-state index is 11.5. The molecule has 1 aliphatic rings. The molecule has 3 aromatic rings. The second kappa shape index (κ2) is 8.14. The SMILES string of the molecule is Cc1[nH]ncc1-c1ccc(OCC(O)CN2CCS(=O)(=O)CC2)c2ccccc12. The van der Waals surface area contributed by atoms with Crippen molar-refractivity contribution in [2.24, 2.45) is 0 Å². The number of aryl methyl sites for hydroxylation is 1. The Kier molecular flexibility index (Phi) is 5.58. The fourth-order valence-electron chi connectivity index (χ4n) is 3.72. The van der Waals surface area contributed by atoms with Crippen LogP contribution >= 0.6 is 0 Å². The molecule has 4 rings (SSSR count). The second-order valence-corrected chi connectivity index (χ2v) is 9.79. The Hall–Kier alpha value is -2.42. The number of hydrogen-bond donors (Lipinski definition) is 2. The zero-order chi connectivity index (χ0) is 20.4. The number of β-amino-alcohol motifs (C(OH)–C–C–N with tert-alkyl or cyclic N) is 1. The minimum Gasteiger partial charge on any atom is -0.490 e. The van der Waals surface area contributed by atoms with Gasteiger partial charge >= 0.3 is 0 Å². The van der Waals surface area contributed by atoms with Crippen LogP contribution in [0.2, 0.25) is 0 Å². The Morgan fingerprint density at radius 2 is 1.86 bits per heavy atom. The molecule has 1 aromatic heterocycles. The van der Waals surface area contributed by atoms with E-state index >= 15 is 0 Å². The van der Waals surface area contributed by atoms with Crippen LogP contribution in [0, 0.1) is 6.92 Å². The summed E-state index contributed by atoms with van der Waals surface area (Å²) in [5.41, 5.74) is 3.13. The third kappa shape index (κ3) is 4.44. The van der Waals surface area contributed by atoms with E-state index in [0.717, 1.165) is 27.6 Å². The van der Waals surface area contributed by atoms with Crippen LogP contribution in [0.3, 0.4) is 0 Å². The van der Waals surface area contributed by atoms with Gasteiger partial charge in [0, 0.05) is 36.3 Å². The molecule has 7 nitrogen and oxygen atoms in total. The third-order valence-corrected chi connectivity index (χ3v) is 6.95. The normalized spacial score (nSPS) is 18.0. The van der Waals surface area contributed by atoms with Crippen molar-refractivity contribution >= 4 is 20.6 Å². The number of nitrogens with one attached hydrogen (secondary N) is 1. The van der Waals surface area contributed by atoms with Gasteiger partial charge in [0.2, 0.25) is 0 Å². The van der Waals surface area contributed by atoms with Gasteiger partial charge in [0.1, 0.15) is 18.5 Å². The van der Waals surface area contributed by atoms with E-state index < -0.39 is 15.9 Å². The van der Waals surface area contributed by atoms with E-state index in [4.69, 9.17) is 4.74 Å². The Balaban J connectivity index is 1.47. The molecule has 1 fully saturated rings. The van der Waals surface area contributed by atoms with Gasteiger partial charge in [0.05, 0.1) is 17.7 Å². The first-order valence-corrected chi connectivity index (χ1v) is 11.5. The number of aromatic amines is 1. The molecule has 0 bridgehead atoms. The summed E-state index contributed by atoms with van der Waals surface area (Å²) < 4.78 is 29.0. The van der Waals surface area contributed by atoms with Gasteiger partial charge in [-0.25, -0.2) is 8.42 Å². The van der Waals surface area contributed by atoms with Gasteiger partial charge in [-0.2, -0.15) is 5.10 Å². The topological polar surface area (TPSA) is 95.5 Å². The van der Waals surface area contributed by atoms with Crippen molar-refractivity contribution < 1.29 is 18.3 Å². The summed E-state index contributed by atoms with van der Waals surface area (Å²) in [6.45, 7) is 3.46. The lowest BCUT2D eigenvalue weighted by atomic mass is 9.98. The van der Waals surface area contributed by atoms with Crippen LogP contribution in [0.15, 0.2) is 42.6 Å². The van der Waals surface area contributed by atoms with Gasteiger partial charge in [-0.05, 0) is 30.0 Å². The number of rotatable bonds is 6. The number of benzene rings is 2. The monoisotopic (exact) mass is 415 g/mol. The fourth-order valence-corrected chi connectivity index (χ4v) is 5.00. The summed E-state index contributed by atoms with van der Waals surface area (Å²) in [5.74, 6) is 1.02. The smallest absolute Gasteiger partial charge is 0.152 e. The van der Waals surface area contributed by atoms with Gasteiger partial charge in [-0.3, -0.25) is 10.00 Å². The van der Waals surface area contributed by atoms with Gasteiger partial charge in [0.15, 0.2) is 9.84 Å². The number of aromatic nitrogens is 2. The van der Waals surface area contributed by atoms with Crippen molar-refractivity contribution in [2.45, 2.75) is 13.0 Å². The summed E-state index contributed by atoms with van der Waals surface area (Å²) in [6, 6.07) is 11.9. The number of H-pyrrole nitrogens is 1. The molecule has 0 radical (unpaired) electrons. The van der Waals surface area contributed by atoms with E-state index in [1.165, 1.54) is 0 Å². The second-order valence-electron chi connectivity index (χ2n) is 7.48. The number of nitrogens with zero attached hydrogens (tertiary/aromatic N) is 2. The standard InChI is InChI=1S/C21H25N3O4S/c1-15-20(12-22-23-15)18-6-7-21(19-5-3-2-4-17(18)19)28-14-16(25)13-24-8-10-29(26,27)11-9-24/h2-7,12,16,25H,8-11,13-14H2,1H3,(H,22,23). The maximum atomic E-state index is 11.5. The molecule has 0 spiro atoms. The van der Waals surface area contributed by atoms with Crippen molar-refractivity contribution in [3.8, 4) is 16.9 Å². The van der Waals surface area contributed by atoms with E-state index in [9.17, 15) is 13.5 Å². The molecular formula is C21H25N3O4S. The lowest BCUT2D eigenvalue weighted by Crippen LogP contribution is -2.44. The molecule has 1 atom stereocenters. The Morgan fingerprint density at radius 3 is 2.55 bits per heavy atom. The first-order chi connectivity index (χ1) is 13.9. The molecule has 0 amide bonds. The maximum Gasteiger partial charge on any atom is 0.152 e. The largest absolute Gasteiger partial charge is 0.490 e. The molecule has 1 saturated heterocycles. The molecule has 154 valence electrons. The molecule has 0 aliphatic carbocycles. The summed E-state index contributed by atoms with van der Waals surface area (Å²) in [6.07, 6.45) is 1.13. The quantitative estimate of drug-likeness (QED) is 0.639. The highest BCUT2D eigenvalue weighted by molar-refractivity contribution is 7.91. The minimum absolute atomic E-state index is 0.150. The lowest BCUT2D eigenvalue weighted by Gasteiger charge is -2.28. The molecule has 29 heavy (non-hydrogen) atoms. The van der Waals surface area contributed by atoms with Crippen molar-refractivity contribution in [3.05, 3.63) is 48.3 Å². The number of fused-ring (bicyclic) bond motifs is 1. The van der Waals surface area contributed by atoms with E-state index in [0.29, 0.717) is 25.4 Å². The molecule has 2 aromatic carbocycles. The molecule has 2 heterocycles. The van der Waals surface area contributed by atoms with Gasteiger partial charge < -0.3 is 9.84 Å². The Bertz CT molecular complexity index is 1100. The van der Waals surface area contributed by atoms with Crippen LogP contribution in [0.1, 0.15) is 5.69 Å². The van der Waals surface area contributed by atoms with Crippen LogP contribution < -0.4 is 4.74 Å². The fraction of sp³-hybridized carbons (Fsp3) is 0.381. The molecular weight excluding hydrogens is 390 g/mol. The van der Waals surface area contributed by atoms with Crippen molar-refractivity contribution in [3.63, 3.8) is 0 Å². The first-order valence-electron chi connectivity index (χ1n) is 9.69. The highest BCUT2D eigenvalue weighted by Gasteiger charge is 2.23. The molecule has 0 saturated carbocycles. The predicted molar refractivity (Wildman–Crippen MR) is 113 cm³/mol. The number of aliphatic hydroxyl groups is 1. The zero-order valence-electron chi connectivity index (χ0n) is 16.3. The van der Waals surface area contributed by atoms with Crippen molar-refractivity contribution in [2.75, 3.05) is 37.7 Å². The molecule has 1 aliphatic heterocycles. The van der Waals surface area contributed by atoms with Gasteiger partial charge in [-0.15, -0.1) is 0 Å². The van der Waals surface area contributed by atoms with E-state index in [1.807, 2.05) is 48.4 Å². The molecule has 1 unspecified atom stereocenters. The van der Waals surface area contributed by atoms with Crippen LogP contribution in [0.25, 0.3) is 21.9 Å². The van der Waals surface area contributed by atoms with Gasteiger partial charge in [0.25, 0.3) is 0 Å². The van der Waals surface area contributed by atoms with Crippen molar-refractivity contribution in [1.82, 2.24) is 15.1 Å². The highest BCUT2D eigenvalue weighted by atomic mass is 32.2. The average molecular weight is 416 g/mol. The molecule has 8 heteroatoms. The van der Waals surface area contributed by atoms with Crippen LogP contribution in [0.5, 0.6) is 5.75 Å². The minimum atomic E-state index is -2.92. The average Bonchev–Trinajstić information content (AvgIpc) is 3.13. The van der Waals surface area contributed by atoms with Crippen molar-refractivity contribution in [1.29, 1.82) is 0 Å². The van der Waals surface area contributed by atoms with Crippen LogP contribution in [0.4, 0.5) is 0 Å². The van der Waals surface area contributed by atoms with E-state index in [-0.39, 0.29) is 18.1 Å². The zero-order valence-corrected chi connectivity index (χ0v) is 17.2. The van der Waals surface area contributed by atoms with E-state index in [2.05, 4.69) is 16.3 Å². The number of sulfone groups is 1. The lowest BCUT2D eigenvalue weighted by molar-refractivity contribution is 0.0716. The number of hydrogen-bond acceptors (Lipinski definition) is 6. The molecule has 2 N–H and O–H groups in total. The summed E-state index contributed by atoms with van der Waals surface area (Å²) in [4.78, 5) is 1.97. The Morgan fingerprint density at radius 1 is 1.14 bits per heavy atom. The first kappa shape index (κ1) is 19.9. The number of ether oxygens (including phenoxy) is 1. The van der Waals surface area contributed by atoms with Crippen LogP contribution in [-0.2, 0) is 9.84 Å². The predicted octanol–water partition coefficient (Wildman–Crippen LogP) is 2.01. The van der Waals surface area contributed by atoms with Crippen LogP contribution in [-0.4, -0.2) is 72.5 Å². The third-order valence-electron chi connectivity index (χ3n) is 5.34. The Labute approximate surface area is 170 Å². The summed E-state index contributed by atoms with van der Waals surface area (Å²) >= 11 is 0. The van der Waals surface area contributed by atoms with Gasteiger partial charge in [-0.1, -0.05) is 24.3 Å². The summed E-state index contributed by atoms with van der Waals surface area (Å²) in [5, 5.41) is 19.5. The number of aliphatic hydroxyl groups excluding tert-OH is 1. The van der Waals surface area contributed by atoms with E-state index in [1.54, 1.807) is 0 Å². The summed E-state index contributed by atoms with van der Waals surface area (Å²) in [7, 11) is -2.92.